The van der Waals surface area contributed by atoms with Crippen molar-refractivity contribution in [1.82, 2.24) is 0 Å². The van der Waals surface area contributed by atoms with Gasteiger partial charge in [0.25, 0.3) is 0 Å². The van der Waals surface area contributed by atoms with E-state index in [1.54, 1.807) is 0 Å². The molecule has 210 valence electrons. The highest BCUT2D eigenvalue weighted by molar-refractivity contribution is 5.86. The number of fused-ring (bicyclic) bond motifs is 3. The van der Waals surface area contributed by atoms with Gasteiger partial charge in [-0.05, 0) is 84.3 Å². The maximum atomic E-state index is 6.14. The van der Waals surface area contributed by atoms with Crippen LogP contribution in [0, 0.1) is 13.8 Å². The third-order valence-electron chi connectivity index (χ3n) is 7.77. The lowest BCUT2D eigenvalue weighted by molar-refractivity contribution is 0.103. The Bertz CT molecular complexity index is 1440. The van der Waals surface area contributed by atoms with E-state index in [0.717, 1.165) is 22.6 Å². The highest BCUT2D eigenvalue weighted by atomic mass is 16.5. The smallest absolute Gasteiger partial charge is 0.129 e. The number of hydrogen-bond acceptors (Lipinski definition) is 4. The summed E-state index contributed by atoms with van der Waals surface area (Å²) in [5.41, 5.74) is 9.07. The van der Waals surface area contributed by atoms with Crippen LogP contribution in [-0.4, -0.2) is 25.4 Å². The summed E-state index contributed by atoms with van der Waals surface area (Å²) in [7, 11) is 0. The summed E-state index contributed by atoms with van der Waals surface area (Å²) in [6.45, 7) is 16.3. The predicted octanol–water partition coefficient (Wildman–Crippen LogP) is 8.52. The second-order valence-electron chi connectivity index (χ2n) is 10.7. The fraction of sp³-hybridized carbons (Fsp3) is 0.243. The van der Waals surface area contributed by atoms with Crippen molar-refractivity contribution in [3.63, 3.8) is 0 Å². The third-order valence-corrected chi connectivity index (χ3v) is 7.77. The summed E-state index contributed by atoms with van der Waals surface area (Å²) in [5.74, 6) is 1.69. The van der Waals surface area contributed by atoms with Crippen LogP contribution in [0.1, 0.15) is 47.2 Å². The molecule has 0 aliphatic heterocycles. The van der Waals surface area contributed by atoms with Gasteiger partial charge in [0.15, 0.2) is 0 Å². The Hall–Kier alpha value is -4.44. The molecule has 0 N–H and O–H groups in total. The van der Waals surface area contributed by atoms with Gasteiger partial charge in [-0.1, -0.05) is 86.0 Å². The van der Waals surface area contributed by atoms with E-state index in [4.69, 9.17) is 18.9 Å². The summed E-state index contributed by atoms with van der Waals surface area (Å²) in [6.07, 6.45) is 2.75. The van der Waals surface area contributed by atoms with E-state index in [1.807, 2.05) is 13.8 Å². The van der Waals surface area contributed by atoms with Crippen molar-refractivity contribution < 1.29 is 18.9 Å². The molecule has 4 aromatic rings. The van der Waals surface area contributed by atoms with Crippen molar-refractivity contribution in [3.05, 3.63) is 144 Å². The number of ether oxygens (including phenoxy) is 4. The van der Waals surface area contributed by atoms with Crippen LogP contribution < -0.4 is 9.47 Å². The molecule has 4 nitrogen and oxygen atoms in total. The minimum atomic E-state index is -0.502. The van der Waals surface area contributed by atoms with Crippen LogP contribution in [0.5, 0.6) is 11.5 Å². The number of aryl methyl sites for hydroxylation is 2. The van der Waals surface area contributed by atoms with Crippen molar-refractivity contribution in [3.8, 4) is 22.6 Å². The van der Waals surface area contributed by atoms with Crippen molar-refractivity contribution in [2.75, 3.05) is 13.2 Å². The standard InChI is InChI=1S/C37H38O4/c1-7-38-27(5)23-40-35-19-17-29(21-25(35)3)37(30-18-20-36(26(4)22-30)41-24-28(6)39-8-2)33-15-11-9-13-31(33)32-14-10-12-16-34(32)37/h7-22,27-28H,1-2,23-24H2,3-6H3. The Kier molecular flexibility index (Phi) is 8.21. The normalized spacial score (nSPS) is 14.2. The van der Waals surface area contributed by atoms with E-state index in [-0.39, 0.29) is 12.2 Å². The van der Waals surface area contributed by atoms with Gasteiger partial charge in [-0.3, -0.25) is 0 Å². The average molecular weight is 547 g/mol. The van der Waals surface area contributed by atoms with Crippen LogP contribution in [0.2, 0.25) is 0 Å². The molecular formula is C37H38O4. The molecule has 0 aromatic heterocycles. The molecule has 2 atom stereocenters. The lowest BCUT2D eigenvalue weighted by Gasteiger charge is -2.34. The van der Waals surface area contributed by atoms with E-state index in [1.165, 1.54) is 45.9 Å². The fourth-order valence-electron chi connectivity index (χ4n) is 5.93. The van der Waals surface area contributed by atoms with Gasteiger partial charge < -0.3 is 18.9 Å². The van der Waals surface area contributed by atoms with Crippen LogP contribution in [0.3, 0.4) is 0 Å². The van der Waals surface area contributed by atoms with Crippen LogP contribution in [-0.2, 0) is 14.9 Å². The summed E-state index contributed by atoms with van der Waals surface area (Å²) in [6, 6.07) is 30.6. The molecule has 0 fully saturated rings. The lowest BCUT2D eigenvalue weighted by atomic mass is 9.67. The Morgan fingerprint density at radius 3 is 1.44 bits per heavy atom. The van der Waals surface area contributed by atoms with Crippen molar-refractivity contribution in [2.24, 2.45) is 0 Å². The molecule has 0 amide bonds. The molecule has 0 heterocycles. The molecular weight excluding hydrogens is 508 g/mol. The molecule has 5 rings (SSSR count). The quantitative estimate of drug-likeness (QED) is 0.147. The predicted molar refractivity (Wildman–Crippen MR) is 166 cm³/mol. The maximum Gasteiger partial charge on any atom is 0.129 e. The second-order valence-corrected chi connectivity index (χ2v) is 10.7. The number of benzene rings is 4. The summed E-state index contributed by atoms with van der Waals surface area (Å²) in [4.78, 5) is 0. The second kappa shape index (κ2) is 12.0. The zero-order chi connectivity index (χ0) is 29.0. The SMILES string of the molecule is C=COC(C)COc1ccc(C2(c3ccc(OCC(C)OC=C)c(C)c3)c3ccccc3-c3ccccc32)cc1C. The van der Waals surface area contributed by atoms with Gasteiger partial charge in [-0.15, -0.1) is 0 Å². The molecule has 2 unspecified atom stereocenters. The number of rotatable bonds is 12. The Labute approximate surface area is 243 Å². The highest BCUT2D eigenvalue weighted by Crippen LogP contribution is 2.56. The molecule has 0 bridgehead atoms. The van der Waals surface area contributed by atoms with Gasteiger partial charge in [0.05, 0.1) is 17.9 Å². The molecule has 1 aliphatic carbocycles. The molecule has 0 saturated heterocycles. The third kappa shape index (κ3) is 5.22. The molecule has 41 heavy (non-hydrogen) atoms. The molecule has 0 saturated carbocycles. The first kappa shape index (κ1) is 28.1. The molecule has 0 spiro atoms. The average Bonchev–Trinajstić information content (AvgIpc) is 3.27. The first-order valence-corrected chi connectivity index (χ1v) is 14.1. The molecule has 4 heteroatoms. The Morgan fingerprint density at radius 1 is 0.634 bits per heavy atom. The summed E-state index contributed by atoms with van der Waals surface area (Å²) < 4.78 is 23.2. The molecule has 1 aliphatic rings. The van der Waals surface area contributed by atoms with Crippen LogP contribution >= 0.6 is 0 Å². The van der Waals surface area contributed by atoms with Gasteiger partial charge >= 0.3 is 0 Å². The minimum absolute atomic E-state index is 0.0819. The van der Waals surface area contributed by atoms with Gasteiger partial charge in [0.1, 0.15) is 36.9 Å². The monoisotopic (exact) mass is 546 g/mol. The summed E-state index contributed by atoms with van der Waals surface area (Å²) >= 11 is 0. The lowest BCUT2D eigenvalue weighted by Crippen LogP contribution is -2.29. The fourth-order valence-corrected chi connectivity index (χ4v) is 5.93. The van der Waals surface area contributed by atoms with Gasteiger partial charge in [-0.25, -0.2) is 0 Å². The van der Waals surface area contributed by atoms with Crippen molar-refractivity contribution in [1.29, 1.82) is 0 Å². The topological polar surface area (TPSA) is 36.9 Å². The molecule has 4 aromatic carbocycles. The maximum absolute atomic E-state index is 6.14. The van der Waals surface area contributed by atoms with Gasteiger partial charge in [0, 0.05) is 0 Å². The zero-order valence-corrected chi connectivity index (χ0v) is 24.4. The van der Waals surface area contributed by atoms with Gasteiger partial charge in [0.2, 0.25) is 0 Å². The molecule has 0 radical (unpaired) electrons. The zero-order valence-electron chi connectivity index (χ0n) is 24.4. The van der Waals surface area contributed by atoms with Crippen LogP contribution in [0.15, 0.2) is 111 Å². The first-order valence-electron chi connectivity index (χ1n) is 14.1. The Balaban J connectivity index is 1.64. The Morgan fingerprint density at radius 2 is 1.05 bits per heavy atom. The van der Waals surface area contributed by atoms with E-state index in [9.17, 15) is 0 Å². The minimum Gasteiger partial charge on any atom is -0.495 e. The van der Waals surface area contributed by atoms with E-state index in [0.29, 0.717) is 13.2 Å². The van der Waals surface area contributed by atoms with E-state index < -0.39 is 5.41 Å². The number of hydrogen-bond donors (Lipinski definition) is 0. The summed E-state index contributed by atoms with van der Waals surface area (Å²) in [5, 5.41) is 0. The van der Waals surface area contributed by atoms with Gasteiger partial charge in [-0.2, -0.15) is 0 Å². The van der Waals surface area contributed by atoms with Crippen molar-refractivity contribution >= 4 is 0 Å². The van der Waals surface area contributed by atoms with E-state index in [2.05, 4.69) is 112 Å². The van der Waals surface area contributed by atoms with Crippen LogP contribution in [0.25, 0.3) is 11.1 Å². The van der Waals surface area contributed by atoms with Crippen molar-refractivity contribution in [2.45, 2.75) is 45.3 Å². The first-order chi connectivity index (χ1) is 19.9. The highest BCUT2D eigenvalue weighted by Gasteiger charge is 2.46. The largest absolute Gasteiger partial charge is 0.495 e. The van der Waals surface area contributed by atoms with Crippen LogP contribution in [0.4, 0.5) is 0 Å². The van der Waals surface area contributed by atoms with E-state index >= 15 is 0 Å².